The van der Waals surface area contributed by atoms with Crippen LogP contribution in [0.3, 0.4) is 0 Å². The summed E-state index contributed by atoms with van der Waals surface area (Å²) in [7, 11) is 0. The molecule has 9 heteroatoms. The summed E-state index contributed by atoms with van der Waals surface area (Å²) < 4.78 is 36.2. The Bertz CT molecular complexity index is 569. The summed E-state index contributed by atoms with van der Waals surface area (Å²) >= 11 is 2.72. The molecule has 1 aromatic rings. The quantitative estimate of drug-likeness (QED) is 0.366. The maximum Gasteiger partial charge on any atom is 0.391 e. The monoisotopic (exact) mass is 410 g/mol. The Morgan fingerprint density at radius 3 is 2.33 bits per heavy atom. The number of nitrogens with zero attached hydrogens (tertiary/aromatic N) is 2. The third-order valence-electron chi connectivity index (χ3n) is 3.29. The number of nitro groups is 1. The summed E-state index contributed by atoms with van der Waals surface area (Å²) in [5.41, 5.74) is 0.408. The summed E-state index contributed by atoms with van der Waals surface area (Å²) in [6, 6.07) is 8.17. The SMILES string of the molecule is CCCCN(C(=O)C(Br)(C[N+](=O)[O-])CC(F)(F)F)c1ccccc1. The molecule has 0 saturated carbocycles. The minimum atomic E-state index is -4.72. The van der Waals surface area contributed by atoms with Gasteiger partial charge in [-0.25, -0.2) is 0 Å². The van der Waals surface area contributed by atoms with Crippen molar-refractivity contribution in [1.29, 1.82) is 0 Å². The molecule has 0 bridgehead atoms. The van der Waals surface area contributed by atoms with Crippen LogP contribution in [0, 0.1) is 10.1 Å². The van der Waals surface area contributed by atoms with Gasteiger partial charge in [0.1, 0.15) is 0 Å². The van der Waals surface area contributed by atoms with E-state index in [9.17, 15) is 28.1 Å². The minimum absolute atomic E-state index is 0.183. The van der Waals surface area contributed by atoms with Crippen LogP contribution >= 0.6 is 15.9 Å². The van der Waals surface area contributed by atoms with Gasteiger partial charge in [-0.2, -0.15) is 13.2 Å². The van der Waals surface area contributed by atoms with Crippen LogP contribution in [0.25, 0.3) is 0 Å². The van der Waals surface area contributed by atoms with Gasteiger partial charge in [-0.05, 0) is 18.6 Å². The number of carbonyl (C=O) groups is 1. The van der Waals surface area contributed by atoms with Crippen LogP contribution in [0.15, 0.2) is 30.3 Å². The van der Waals surface area contributed by atoms with E-state index < -0.39 is 34.3 Å². The molecule has 0 aliphatic rings. The highest BCUT2D eigenvalue weighted by Crippen LogP contribution is 2.36. The fourth-order valence-electron chi connectivity index (χ4n) is 2.24. The number of alkyl halides is 4. The molecule has 0 radical (unpaired) electrons. The van der Waals surface area contributed by atoms with E-state index in [-0.39, 0.29) is 6.54 Å². The van der Waals surface area contributed by atoms with Gasteiger partial charge in [0.05, 0.1) is 6.42 Å². The number of rotatable bonds is 8. The summed E-state index contributed by atoms with van der Waals surface area (Å²) in [6.45, 7) is 0.908. The maximum atomic E-state index is 12.9. The van der Waals surface area contributed by atoms with Gasteiger partial charge in [0.25, 0.3) is 5.91 Å². The normalized spacial score (nSPS) is 14.0. The van der Waals surface area contributed by atoms with Crippen molar-refractivity contribution in [3.8, 4) is 0 Å². The highest BCUT2D eigenvalue weighted by Gasteiger charge is 2.51. The summed E-state index contributed by atoms with van der Waals surface area (Å²) in [5.74, 6) is -0.962. The molecule has 0 aliphatic carbocycles. The lowest BCUT2D eigenvalue weighted by Gasteiger charge is -2.31. The molecule has 1 rings (SSSR count). The second kappa shape index (κ2) is 8.46. The molecule has 0 heterocycles. The lowest BCUT2D eigenvalue weighted by molar-refractivity contribution is -0.483. The zero-order chi connectivity index (χ0) is 18.4. The van der Waals surface area contributed by atoms with Crippen molar-refractivity contribution in [2.75, 3.05) is 18.0 Å². The van der Waals surface area contributed by atoms with Gasteiger partial charge in [-0.1, -0.05) is 47.5 Å². The lowest BCUT2D eigenvalue weighted by atomic mass is 10.0. The van der Waals surface area contributed by atoms with Crippen molar-refractivity contribution in [3.05, 3.63) is 40.4 Å². The topological polar surface area (TPSA) is 63.5 Å². The first-order valence-corrected chi connectivity index (χ1v) is 8.13. The summed E-state index contributed by atoms with van der Waals surface area (Å²) in [4.78, 5) is 23.8. The Morgan fingerprint density at radius 1 is 1.29 bits per heavy atom. The van der Waals surface area contributed by atoms with Crippen molar-refractivity contribution in [3.63, 3.8) is 0 Å². The maximum absolute atomic E-state index is 12.9. The molecular formula is C15H18BrF3N2O3. The van der Waals surface area contributed by atoms with E-state index in [1.807, 2.05) is 6.92 Å². The molecule has 0 fully saturated rings. The van der Waals surface area contributed by atoms with Crippen LogP contribution in [-0.2, 0) is 4.79 Å². The van der Waals surface area contributed by atoms with E-state index in [4.69, 9.17) is 0 Å². The number of amides is 1. The Balaban J connectivity index is 3.21. The van der Waals surface area contributed by atoms with Crippen molar-refractivity contribution >= 4 is 27.5 Å². The van der Waals surface area contributed by atoms with Gasteiger partial charge < -0.3 is 4.90 Å². The summed E-state index contributed by atoms with van der Waals surface area (Å²) in [5, 5.41) is 10.8. The third kappa shape index (κ3) is 6.10. The lowest BCUT2D eigenvalue weighted by Crippen LogP contribution is -2.51. The largest absolute Gasteiger partial charge is 0.391 e. The van der Waals surface area contributed by atoms with E-state index in [1.54, 1.807) is 30.3 Å². The van der Waals surface area contributed by atoms with Gasteiger partial charge in [0.2, 0.25) is 6.54 Å². The number of para-hydroxylation sites is 1. The molecule has 24 heavy (non-hydrogen) atoms. The Kier molecular flexibility index (Phi) is 7.19. The molecule has 5 nitrogen and oxygen atoms in total. The fourth-order valence-corrected chi connectivity index (χ4v) is 2.97. The fraction of sp³-hybridized carbons (Fsp3) is 0.533. The van der Waals surface area contributed by atoms with Crippen LogP contribution in [0.4, 0.5) is 18.9 Å². The van der Waals surface area contributed by atoms with E-state index in [2.05, 4.69) is 15.9 Å². The third-order valence-corrected chi connectivity index (χ3v) is 4.16. The predicted molar refractivity (Wildman–Crippen MR) is 87.9 cm³/mol. The molecule has 0 N–H and O–H groups in total. The van der Waals surface area contributed by atoms with Crippen LogP contribution in [-0.4, -0.2) is 34.4 Å². The van der Waals surface area contributed by atoms with Gasteiger partial charge in [0.15, 0.2) is 4.32 Å². The van der Waals surface area contributed by atoms with E-state index >= 15 is 0 Å². The first-order valence-electron chi connectivity index (χ1n) is 7.33. The molecule has 1 unspecified atom stereocenters. The van der Waals surface area contributed by atoms with Crippen molar-refractivity contribution < 1.29 is 22.9 Å². The number of hydrogen-bond acceptors (Lipinski definition) is 3. The standard InChI is InChI=1S/C15H18BrF3N2O3/c1-2-3-9-20(12-7-5-4-6-8-12)13(22)14(16,11-21(23)24)10-15(17,18)19/h4-8H,2-3,9-11H2,1H3. The molecular weight excluding hydrogens is 393 g/mol. The van der Waals surface area contributed by atoms with Gasteiger partial charge >= 0.3 is 6.18 Å². The van der Waals surface area contributed by atoms with Gasteiger partial charge in [-0.15, -0.1) is 0 Å². The number of hydrogen-bond donors (Lipinski definition) is 0. The molecule has 1 atom stereocenters. The highest BCUT2D eigenvalue weighted by atomic mass is 79.9. The highest BCUT2D eigenvalue weighted by molar-refractivity contribution is 9.10. The molecule has 0 spiro atoms. The van der Waals surface area contributed by atoms with Crippen molar-refractivity contribution in [2.45, 2.75) is 36.7 Å². The minimum Gasteiger partial charge on any atom is -0.311 e. The smallest absolute Gasteiger partial charge is 0.311 e. The summed E-state index contributed by atoms with van der Waals surface area (Å²) in [6.07, 6.45) is -5.05. The second-order valence-electron chi connectivity index (χ2n) is 5.39. The molecule has 0 aromatic heterocycles. The van der Waals surface area contributed by atoms with Crippen molar-refractivity contribution in [2.24, 2.45) is 0 Å². The zero-order valence-electron chi connectivity index (χ0n) is 13.1. The van der Waals surface area contributed by atoms with Crippen LogP contribution in [0.2, 0.25) is 0 Å². The van der Waals surface area contributed by atoms with Crippen LogP contribution in [0.5, 0.6) is 0 Å². The number of anilines is 1. The van der Waals surface area contributed by atoms with Gasteiger partial charge in [-0.3, -0.25) is 14.9 Å². The van der Waals surface area contributed by atoms with Gasteiger partial charge in [0, 0.05) is 17.2 Å². The molecule has 134 valence electrons. The number of carbonyl (C=O) groups excluding carboxylic acids is 1. The number of halogens is 4. The molecule has 1 amide bonds. The number of benzene rings is 1. The van der Waals surface area contributed by atoms with E-state index in [0.29, 0.717) is 12.1 Å². The average molecular weight is 411 g/mol. The zero-order valence-corrected chi connectivity index (χ0v) is 14.6. The Morgan fingerprint density at radius 2 is 1.88 bits per heavy atom. The number of unbranched alkanes of at least 4 members (excludes halogenated alkanes) is 1. The average Bonchev–Trinajstić information content (AvgIpc) is 2.45. The van der Waals surface area contributed by atoms with Crippen molar-refractivity contribution in [1.82, 2.24) is 0 Å². The van der Waals surface area contributed by atoms with E-state index in [1.165, 1.54) is 4.90 Å². The molecule has 1 aromatic carbocycles. The van der Waals surface area contributed by atoms with Crippen LogP contribution in [0.1, 0.15) is 26.2 Å². The Labute approximate surface area is 146 Å². The first kappa shape index (κ1) is 20.4. The Hall–Kier alpha value is -1.64. The second-order valence-corrected chi connectivity index (χ2v) is 6.91. The molecule has 0 aliphatic heterocycles. The predicted octanol–water partition coefficient (Wildman–Crippen LogP) is 4.18. The van der Waals surface area contributed by atoms with Crippen LogP contribution < -0.4 is 4.90 Å². The van der Waals surface area contributed by atoms with E-state index in [0.717, 1.165) is 6.42 Å². The first-order chi connectivity index (χ1) is 11.1. The molecule has 0 saturated heterocycles.